The summed E-state index contributed by atoms with van der Waals surface area (Å²) in [4.78, 5) is 20.8. The highest BCUT2D eigenvalue weighted by Crippen LogP contribution is 2.16. The number of hydrogen-bond acceptors (Lipinski definition) is 5. The van der Waals surface area contributed by atoms with E-state index in [0.29, 0.717) is 42.4 Å². The maximum atomic E-state index is 12.3. The molecule has 1 amide bonds. The molecule has 3 rings (SSSR count). The van der Waals surface area contributed by atoms with Gasteiger partial charge in [-0.05, 0) is 30.3 Å². The molecule has 1 aromatic carbocycles. The molecule has 1 aliphatic rings. The summed E-state index contributed by atoms with van der Waals surface area (Å²) in [5, 5.41) is 8.42. The molecule has 7 nitrogen and oxygen atoms in total. The van der Waals surface area contributed by atoms with Crippen LogP contribution in [0.1, 0.15) is 6.92 Å². The number of carbonyl (C=O) groups excluding carboxylic acids is 1. The number of hydrogen-bond donors (Lipinski definition) is 0. The van der Waals surface area contributed by atoms with E-state index in [4.69, 9.17) is 21.2 Å². The molecule has 0 aliphatic carbocycles. The number of ether oxygens (including phenoxy) is 1. The lowest BCUT2D eigenvalue weighted by Crippen LogP contribution is -2.47. The van der Waals surface area contributed by atoms with Crippen molar-refractivity contribution in [1.82, 2.24) is 20.1 Å². The summed E-state index contributed by atoms with van der Waals surface area (Å²) in [7, 11) is 0. The predicted molar refractivity (Wildman–Crippen MR) is 76.0 cm³/mol. The molecular formula is C13H15ClN4O3. The topological polar surface area (TPSA) is 69.5 Å². The van der Waals surface area contributed by atoms with E-state index in [1.807, 2.05) is 0 Å². The average molecular weight is 311 g/mol. The van der Waals surface area contributed by atoms with Gasteiger partial charge >= 0.3 is 0 Å². The van der Waals surface area contributed by atoms with Crippen LogP contribution in [0.15, 0.2) is 18.2 Å². The number of carbonyl (C=O) groups is 1. The van der Waals surface area contributed by atoms with E-state index in [1.54, 1.807) is 30.0 Å². The van der Waals surface area contributed by atoms with Gasteiger partial charge in [-0.15, -0.1) is 5.10 Å². The normalized spacial score (nSPS) is 17.0. The Morgan fingerprint density at radius 3 is 2.95 bits per heavy atom. The van der Waals surface area contributed by atoms with Crippen LogP contribution in [-0.2, 0) is 9.53 Å². The highest BCUT2D eigenvalue weighted by Gasteiger charge is 2.25. The quantitative estimate of drug-likeness (QED) is 0.837. The number of rotatable bonds is 3. The second-order valence-corrected chi connectivity index (χ2v) is 5.22. The molecule has 2 aromatic rings. The standard InChI is InChI=1S/C13H15ClN4O3/c1-9(13(19)17-4-6-20-7-5-17)21-18-12-8-10(14)2-3-11(12)15-16-18/h2-3,8-9H,4-7H2,1H3. The molecule has 0 bridgehead atoms. The highest BCUT2D eigenvalue weighted by molar-refractivity contribution is 6.31. The molecule has 1 atom stereocenters. The Labute approximate surface area is 126 Å². The van der Waals surface area contributed by atoms with Gasteiger partial charge in [0.15, 0.2) is 0 Å². The SMILES string of the molecule is CC(On1nnc2ccc(Cl)cc21)C(=O)N1CCOCC1. The third-order valence-corrected chi connectivity index (χ3v) is 3.54. The molecule has 0 N–H and O–H groups in total. The van der Waals surface area contributed by atoms with Crippen molar-refractivity contribution in [3.8, 4) is 0 Å². The maximum Gasteiger partial charge on any atom is 0.266 e. The summed E-state index contributed by atoms with van der Waals surface area (Å²) in [6.45, 7) is 3.96. The predicted octanol–water partition coefficient (Wildman–Crippen LogP) is 0.761. The zero-order valence-corrected chi connectivity index (χ0v) is 12.3. The zero-order chi connectivity index (χ0) is 14.8. The number of fused-ring (bicyclic) bond motifs is 1. The fourth-order valence-electron chi connectivity index (χ4n) is 2.18. The minimum Gasteiger partial charge on any atom is -0.382 e. The Morgan fingerprint density at radius 1 is 1.43 bits per heavy atom. The molecular weight excluding hydrogens is 296 g/mol. The van der Waals surface area contributed by atoms with Crippen LogP contribution in [-0.4, -0.2) is 58.4 Å². The fourth-order valence-corrected chi connectivity index (χ4v) is 2.35. The van der Waals surface area contributed by atoms with E-state index in [2.05, 4.69) is 10.3 Å². The van der Waals surface area contributed by atoms with Crippen molar-refractivity contribution >= 4 is 28.5 Å². The van der Waals surface area contributed by atoms with Crippen molar-refractivity contribution in [3.63, 3.8) is 0 Å². The van der Waals surface area contributed by atoms with Crippen molar-refractivity contribution < 1.29 is 14.4 Å². The lowest BCUT2D eigenvalue weighted by molar-refractivity contribution is -0.147. The molecule has 1 fully saturated rings. The van der Waals surface area contributed by atoms with Gasteiger partial charge in [0.25, 0.3) is 5.91 Å². The van der Waals surface area contributed by atoms with Crippen molar-refractivity contribution in [2.75, 3.05) is 26.3 Å². The molecule has 21 heavy (non-hydrogen) atoms. The molecule has 0 saturated carbocycles. The maximum absolute atomic E-state index is 12.3. The first-order valence-corrected chi connectivity index (χ1v) is 7.07. The molecule has 1 saturated heterocycles. The molecule has 8 heteroatoms. The Bertz CT molecular complexity index is 654. The second-order valence-electron chi connectivity index (χ2n) is 4.78. The summed E-state index contributed by atoms with van der Waals surface area (Å²) in [5.74, 6) is -0.0935. The van der Waals surface area contributed by atoms with Crippen molar-refractivity contribution in [1.29, 1.82) is 0 Å². The number of morpholine rings is 1. The fraction of sp³-hybridized carbons (Fsp3) is 0.462. The Kier molecular flexibility index (Phi) is 3.94. The van der Waals surface area contributed by atoms with Gasteiger partial charge in [0, 0.05) is 18.1 Å². The Hall–Kier alpha value is -1.86. The lowest BCUT2D eigenvalue weighted by Gasteiger charge is -2.28. The Morgan fingerprint density at radius 2 is 2.19 bits per heavy atom. The van der Waals surface area contributed by atoms with Gasteiger partial charge < -0.3 is 14.5 Å². The summed E-state index contributed by atoms with van der Waals surface area (Å²) < 4.78 is 5.23. The third kappa shape index (κ3) is 2.93. The number of amides is 1. The molecule has 2 heterocycles. The third-order valence-electron chi connectivity index (χ3n) is 3.31. The molecule has 0 radical (unpaired) electrons. The Balaban J connectivity index is 1.74. The monoisotopic (exact) mass is 310 g/mol. The van der Waals surface area contributed by atoms with Crippen LogP contribution in [0.25, 0.3) is 11.0 Å². The molecule has 1 aliphatic heterocycles. The van der Waals surface area contributed by atoms with Gasteiger partial charge in [-0.1, -0.05) is 16.4 Å². The van der Waals surface area contributed by atoms with Crippen LogP contribution >= 0.6 is 11.6 Å². The average Bonchev–Trinajstić information content (AvgIpc) is 2.89. The summed E-state index contributed by atoms with van der Waals surface area (Å²) in [6.07, 6.45) is -0.660. The number of halogens is 1. The van der Waals surface area contributed by atoms with Crippen molar-refractivity contribution in [2.24, 2.45) is 0 Å². The van der Waals surface area contributed by atoms with Gasteiger partial charge in [0.05, 0.1) is 13.2 Å². The number of benzene rings is 1. The molecule has 112 valence electrons. The van der Waals surface area contributed by atoms with E-state index < -0.39 is 6.10 Å². The van der Waals surface area contributed by atoms with Gasteiger partial charge in [0.1, 0.15) is 11.0 Å². The van der Waals surface area contributed by atoms with Crippen molar-refractivity contribution in [2.45, 2.75) is 13.0 Å². The van der Waals surface area contributed by atoms with Crippen LogP contribution in [0.2, 0.25) is 5.02 Å². The number of aromatic nitrogens is 3. The highest BCUT2D eigenvalue weighted by atomic mass is 35.5. The van der Waals surface area contributed by atoms with Crippen LogP contribution in [0, 0.1) is 0 Å². The zero-order valence-electron chi connectivity index (χ0n) is 11.5. The minimum atomic E-state index is -0.660. The van der Waals surface area contributed by atoms with Gasteiger partial charge in [-0.3, -0.25) is 4.79 Å². The molecule has 1 aromatic heterocycles. The van der Waals surface area contributed by atoms with Crippen LogP contribution in [0.5, 0.6) is 0 Å². The van der Waals surface area contributed by atoms with E-state index in [0.717, 1.165) is 0 Å². The van der Waals surface area contributed by atoms with E-state index in [9.17, 15) is 4.79 Å². The lowest BCUT2D eigenvalue weighted by atomic mass is 10.3. The van der Waals surface area contributed by atoms with Gasteiger partial charge in [0.2, 0.25) is 6.10 Å². The minimum absolute atomic E-state index is 0.0935. The summed E-state index contributed by atoms with van der Waals surface area (Å²) in [5.41, 5.74) is 1.29. The first-order valence-electron chi connectivity index (χ1n) is 6.70. The van der Waals surface area contributed by atoms with Crippen molar-refractivity contribution in [3.05, 3.63) is 23.2 Å². The van der Waals surface area contributed by atoms with E-state index in [1.165, 1.54) is 4.85 Å². The first kappa shape index (κ1) is 14.1. The van der Waals surface area contributed by atoms with Gasteiger partial charge in [-0.2, -0.15) is 0 Å². The number of nitrogens with zero attached hydrogens (tertiary/aromatic N) is 4. The molecule has 1 unspecified atom stereocenters. The smallest absolute Gasteiger partial charge is 0.266 e. The second kappa shape index (κ2) is 5.87. The molecule has 0 spiro atoms. The largest absolute Gasteiger partial charge is 0.382 e. The summed E-state index contributed by atoms with van der Waals surface area (Å²) >= 11 is 5.95. The van der Waals surface area contributed by atoms with E-state index >= 15 is 0 Å². The first-order chi connectivity index (χ1) is 10.1. The van der Waals surface area contributed by atoms with Crippen LogP contribution in [0.3, 0.4) is 0 Å². The van der Waals surface area contributed by atoms with Gasteiger partial charge in [-0.25, -0.2) is 0 Å². The van der Waals surface area contributed by atoms with Crippen LogP contribution < -0.4 is 4.84 Å². The van der Waals surface area contributed by atoms with Crippen LogP contribution in [0.4, 0.5) is 0 Å². The van der Waals surface area contributed by atoms with E-state index in [-0.39, 0.29) is 5.91 Å². The summed E-state index contributed by atoms with van der Waals surface area (Å²) in [6, 6.07) is 5.17.